The number of carbonyl (C=O) groups is 3. The molecule has 32 heavy (non-hydrogen) atoms. The fourth-order valence-electron chi connectivity index (χ4n) is 5.89. The van der Waals surface area contributed by atoms with Crippen molar-refractivity contribution in [1.82, 2.24) is 10.2 Å². The Balaban J connectivity index is 1.68. The van der Waals surface area contributed by atoms with Crippen LogP contribution in [0.2, 0.25) is 0 Å². The van der Waals surface area contributed by atoms with Crippen molar-refractivity contribution < 1.29 is 14.4 Å². The SMILES string of the molecule is CCc1cccc2c1NC(=O)C21NC(Cc2ccccc2)C2C(=O)N(C(C)(C)C)C(=O)C21. The van der Waals surface area contributed by atoms with Crippen molar-refractivity contribution >= 4 is 23.4 Å². The van der Waals surface area contributed by atoms with Crippen LogP contribution in [-0.4, -0.2) is 34.2 Å². The van der Waals surface area contributed by atoms with E-state index in [1.165, 1.54) is 4.90 Å². The highest BCUT2D eigenvalue weighted by molar-refractivity contribution is 6.15. The highest BCUT2D eigenvalue weighted by Gasteiger charge is 2.71. The molecule has 2 aromatic rings. The van der Waals surface area contributed by atoms with Crippen LogP contribution in [0.1, 0.15) is 44.4 Å². The van der Waals surface area contributed by atoms with Crippen LogP contribution in [0.4, 0.5) is 5.69 Å². The number of hydrogen-bond donors (Lipinski definition) is 2. The van der Waals surface area contributed by atoms with E-state index < -0.39 is 22.9 Å². The number of nitrogens with one attached hydrogen (secondary N) is 2. The number of fused-ring (bicyclic) bond motifs is 4. The Labute approximate surface area is 188 Å². The minimum atomic E-state index is -1.24. The molecule has 3 amide bonds. The molecule has 0 saturated carbocycles. The van der Waals surface area contributed by atoms with Gasteiger partial charge >= 0.3 is 0 Å². The van der Waals surface area contributed by atoms with E-state index in [0.717, 1.165) is 28.8 Å². The third-order valence-electron chi connectivity index (χ3n) is 7.19. The maximum atomic E-state index is 13.8. The van der Waals surface area contributed by atoms with E-state index in [1.54, 1.807) is 0 Å². The molecule has 0 radical (unpaired) electrons. The molecule has 2 N–H and O–H groups in total. The number of aryl methyl sites for hydroxylation is 1. The number of rotatable bonds is 3. The van der Waals surface area contributed by atoms with E-state index in [0.29, 0.717) is 6.42 Å². The fourth-order valence-corrected chi connectivity index (χ4v) is 5.89. The predicted octanol–water partition coefficient (Wildman–Crippen LogP) is 3.01. The van der Waals surface area contributed by atoms with E-state index in [1.807, 2.05) is 76.2 Å². The van der Waals surface area contributed by atoms with Crippen LogP contribution in [0.3, 0.4) is 0 Å². The molecule has 2 saturated heterocycles. The van der Waals surface area contributed by atoms with Crippen molar-refractivity contribution in [2.75, 3.05) is 5.32 Å². The van der Waals surface area contributed by atoms with Gasteiger partial charge in [0.05, 0.1) is 11.8 Å². The van der Waals surface area contributed by atoms with Gasteiger partial charge in [-0.15, -0.1) is 0 Å². The summed E-state index contributed by atoms with van der Waals surface area (Å²) < 4.78 is 0. The number of anilines is 1. The molecule has 5 rings (SSSR count). The van der Waals surface area contributed by atoms with Crippen molar-refractivity contribution in [2.24, 2.45) is 11.8 Å². The summed E-state index contributed by atoms with van der Waals surface area (Å²) in [6, 6.07) is 15.4. The Kier molecular flexibility index (Phi) is 4.57. The van der Waals surface area contributed by atoms with Crippen LogP contribution in [-0.2, 0) is 32.8 Å². The van der Waals surface area contributed by atoms with Gasteiger partial charge in [0.25, 0.3) is 0 Å². The molecule has 0 aromatic heterocycles. The summed E-state index contributed by atoms with van der Waals surface area (Å²) >= 11 is 0. The Morgan fingerprint density at radius 2 is 1.69 bits per heavy atom. The number of carbonyl (C=O) groups excluding carboxylic acids is 3. The number of amides is 3. The molecule has 6 nitrogen and oxygen atoms in total. The predicted molar refractivity (Wildman–Crippen MR) is 122 cm³/mol. The van der Waals surface area contributed by atoms with E-state index >= 15 is 0 Å². The highest BCUT2D eigenvalue weighted by atomic mass is 16.2. The lowest BCUT2D eigenvalue weighted by atomic mass is 9.76. The molecule has 166 valence electrons. The number of hydrogen-bond acceptors (Lipinski definition) is 4. The van der Waals surface area contributed by atoms with E-state index in [-0.39, 0.29) is 23.8 Å². The largest absolute Gasteiger partial charge is 0.324 e. The third-order valence-corrected chi connectivity index (χ3v) is 7.19. The van der Waals surface area contributed by atoms with Crippen molar-refractivity contribution in [3.05, 3.63) is 65.2 Å². The Hall–Kier alpha value is -2.99. The molecular weight excluding hydrogens is 402 g/mol. The summed E-state index contributed by atoms with van der Waals surface area (Å²) in [6.07, 6.45) is 1.33. The maximum absolute atomic E-state index is 13.8. The molecule has 2 fully saturated rings. The van der Waals surface area contributed by atoms with Crippen molar-refractivity contribution in [3.8, 4) is 0 Å². The first-order valence-electron chi connectivity index (χ1n) is 11.3. The van der Waals surface area contributed by atoms with E-state index in [2.05, 4.69) is 10.6 Å². The lowest BCUT2D eigenvalue weighted by Crippen LogP contribution is -2.56. The molecule has 4 unspecified atom stereocenters. The average molecular weight is 432 g/mol. The molecule has 6 heteroatoms. The van der Waals surface area contributed by atoms with Gasteiger partial charge in [-0.05, 0) is 44.7 Å². The van der Waals surface area contributed by atoms with Crippen LogP contribution in [0.25, 0.3) is 0 Å². The summed E-state index contributed by atoms with van der Waals surface area (Å²) in [4.78, 5) is 42.5. The molecule has 4 atom stereocenters. The summed E-state index contributed by atoms with van der Waals surface area (Å²) in [7, 11) is 0. The van der Waals surface area contributed by atoms with Gasteiger partial charge in [-0.2, -0.15) is 0 Å². The third kappa shape index (κ3) is 2.72. The fraction of sp³-hybridized carbons (Fsp3) is 0.423. The summed E-state index contributed by atoms with van der Waals surface area (Å²) in [5, 5.41) is 6.58. The topological polar surface area (TPSA) is 78.5 Å². The Morgan fingerprint density at radius 1 is 0.969 bits per heavy atom. The Bertz CT molecular complexity index is 1120. The van der Waals surface area contributed by atoms with Gasteiger partial charge in [-0.25, -0.2) is 0 Å². The summed E-state index contributed by atoms with van der Waals surface area (Å²) in [5.41, 5.74) is 1.76. The van der Waals surface area contributed by atoms with Gasteiger partial charge in [-0.3, -0.25) is 24.6 Å². The number of benzene rings is 2. The second-order valence-corrected chi connectivity index (χ2v) is 10.1. The van der Waals surface area contributed by atoms with Gasteiger partial charge in [0.2, 0.25) is 17.7 Å². The summed E-state index contributed by atoms with van der Waals surface area (Å²) in [6.45, 7) is 7.65. The van der Waals surface area contributed by atoms with Crippen LogP contribution < -0.4 is 10.6 Å². The maximum Gasteiger partial charge on any atom is 0.250 e. The van der Waals surface area contributed by atoms with Crippen molar-refractivity contribution in [2.45, 2.75) is 57.7 Å². The number of imide groups is 1. The first-order valence-corrected chi connectivity index (χ1v) is 11.3. The van der Waals surface area contributed by atoms with Crippen molar-refractivity contribution in [3.63, 3.8) is 0 Å². The normalized spacial score (nSPS) is 28.9. The monoisotopic (exact) mass is 431 g/mol. The van der Waals surface area contributed by atoms with Crippen LogP contribution >= 0.6 is 0 Å². The number of likely N-dealkylation sites (tertiary alicyclic amines) is 1. The number of nitrogens with zero attached hydrogens (tertiary/aromatic N) is 1. The second-order valence-electron chi connectivity index (χ2n) is 10.1. The molecule has 0 bridgehead atoms. The zero-order valence-corrected chi connectivity index (χ0v) is 18.9. The molecular formula is C26H29N3O3. The highest BCUT2D eigenvalue weighted by Crippen LogP contribution is 2.54. The van der Waals surface area contributed by atoms with E-state index in [4.69, 9.17) is 0 Å². The molecule has 1 spiro atoms. The molecule has 3 aliphatic rings. The quantitative estimate of drug-likeness (QED) is 0.733. The van der Waals surface area contributed by atoms with Crippen LogP contribution in [0.15, 0.2) is 48.5 Å². The smallest absolute Gasteiger partial charge is 0.250 e. The first-order chi connectivity index (χ1) is 15.2. The molecule has 3 aliphatic heterocycles. The first kappa shape index (κ1) is 20.9. The van der Waals surface area contributed by atoms with Gasteiger partial charge in [-0.1, -0.05) is 55.5 Å². The molecule has 2 aromatic carbocycles. The second kappa shape index (κ2) is 7.01. The van der Waals surface area contributed by atoms with Gasteiger partial charge in [0.1, 0.15) is 5.54 Å². The average Bonchev–Trinajstić information content (AvgIpc) is 3.33. The minimum absolute atomic E-state index is 0.189. The van der Waals surface area contributed by atoms with Gasteiger partial charge in [0.15, 0.2) is 0 Å². The molecule has 3 heterocycles. The minimum Gasteiger partial charge on any atom is -0.324 e. The molecule has 0 aliphatic carbocycles. The van der Waals surface area contributed by atoms with Gasteiger partial charge in [0, 0.05) is 22.8 Å². The van der Waals surface area contributed by atoms with Gasteiger partial charge < -0.3 is 5.32 Å². The Morgan fingerprint density at radius 3 is 2.34 bits per heavy atom. The van der Waals surface area contributed by atoms with Crippen molar-refractivity contribution in [1.29, 1.82) is 0 Å². The lowest BCUT2D eigenvalue weighted by Gasteiger charge is -2.34. The van der Waals surface area contributed by atoms with Crippen LogP contribution in [0.5, 0.6) is 0 Å². The number of para-hydroxylation sites is 1. The standard InChI is InChI=1S/C26H29N3O3/c1-5-16-12-9-13-17-21(16)27-24(32)26(17)20-19(22(30)29(23(20)31)25(2,3)4)18(28-26)14-15-10-7-6-8-11-15/h6-13,18-20,28H,5,14H2,1-4H3,(H,27,32). The zero-order valence-electron chi connectivity index (χ0n) is 18.9. The zero-order chi connectivity index (χ0) is 22.8. The van der Waals surface area contributed by atoms with Crippen LogP contribution in [0, 0.1) is 11.8 Å². The lowest BCUT2D eigenvalue weighted by molar-refractivity contribution is -0.147. The van der Waals surface area contributed by atoms with E-state index in [9.17, 15) is 14.4 Å². The summed E-state index contributed by atoms with van der Waals surface area (Å²) in [5.74, 6) is -2.05.